The highest BCUT2D eigenvalue weighted by Crippen LogP contribution is 2.29. The first kappa shape index (κ1) is 13.3. The van der Waals surface area contributed by atoms with E-state index < -0.39 is 0 Å². The Labute approximate surface area is 129 Å². The largest absolute Gasteiger partial charge is 0.296 e. The molecule has 3 nitrogen and oxygen atoms in total. The average molecular weight is 290 g/mol. The summed E-state index contributed by atoms with van der Waals surface area (Å²) < 4.78 is 1.89. The van der Waals surface area contributed by atoms with Crippen LogP contribution in [-0.4, -0.2) is 15.7 Å². The summed E-state index contributed by atoms with van der Waals surface area (Å²) in [4.78, 5) is 16.3. The number of aryl methyl sites for hydroxylation is 3. The Morgan fingerprint density at radius 3 is 2.73 bits per heavy atom. The summed E-state index contributed by atoms with van der Waals surface area (Å²) in [5.41, 5.74) is 7.26. The smallest absolute Gasteiger partial charge is 0.169 e. The zero-order valence-electron chi connectivity index (χ0n) is 12.7. The van der Waals surface area contributed by atoms with Crippen LogP contribution in [0.25, 0.3) is 16.9 Å². The highest BCUT2D eigenvalue weighted by Gasteiger charge is 2.16. The van der Waals surface area contributed by atoms with E-state index >= 15 is 0 Å². The fourth-order valence-electron chi connectivity index (χ4n) is 3.37. The van der Waals surface area contributed by atoms with E-state index in [0.29, 0.717) is 5.69 Å². The quantitative estimate of drug-likeness (QED) is 0.668. The van der Waals surface area contributed by atoms with Crippen molar-refractivity contribution in [3.8, 4) is 11.3 Å². The summed E-state index contributed by atoms with van der Waals surface area (Å²) in [6, 6.07) is 10.5. The van der Waals surface area contributed by atoms with Crippen molar-refractivity contribution in [3.05, 3.63) is 58.9 Å². The van der Waals surface area contributed by atoms with E-state index in [1.807, 2.05) is 29.7 Å². The summed E-state index contributed by atoms with van der Waals surface area (Å²) in [5, 5.41) is 0. The lowest BCUT2D eigenvalue weighted by atomic mass is 9.90. The molecule has 0 saturated heterocycles. The summed E-state index contributed by atoms with van der Waals surface area (Å²) >= 11 is 0. The van der Waals surface area contributed by atoms with Gasteiger partial charge in [-0.2, -0.15) is 0 Å². The molecule has 4 rings (SSSR count). The number of fused-ring (bicyclic) bond motifs is 2. The number of carbonyl (C=O) groups excluding carboxylic acids is 1. The van der Waals surface area contributed by atoms with Crippen LogP contribution in [0.4, 0.5) is 0 Å². The van der Waals surface area contributed by atoms with Crippen LogP contribution >= 0.6 is 0 Å². The number of hydrogen-bond acceptors (Lipinski definition) is 2. The third kappa shape index (κ3) is 2.05. The molecule has 0 radical (unpaired) electrons. The summed E-state index contributed by atoms with van der Waals surface area (Å²) in [6.07, 6.45) is 7.70. The highest BCUT2D eigenvalue weighted by molar-refractivity contribution is 5.86. The summed E-state index contributed by atoms with van der Waals surface area (Å²) in [6.45, 7) is 2.02. The SMILES string of the molecule is Cc1ccc2nc(-c3ccc4c(c3)CCCC4)c(C=O)n2c1. The van der Waals surface area contributed by atoms with Crippen molar-refractivity contribution in [2.45, 2.75) is 32.6 Å². The van der Waals surface area contributed by atoms with E-state index in [2.05, 4.69) is 23.2 Å². The van der Waals surface area contributed by atoms with Gasteiger partial charge in [0.15, 0.2) is 6.29 Å². The van der Waals surface area contributed by atoms with Crippen LogP contribution in [0.3, 0.4) is 0 Å². The lowest BCUT2D eigenvalue weighted by Gasteiger charge is -2.16. The maximum absolute atomic E-state index is 11.6. The minimum atomic E-state index is 0.634. The number of rotatable bonds is 2. The molecule has 0 bridgehead atoms. The molecule has 2 aromatic heterocycles. The Balaban J connectivity index is 1.92. The second kappa shape index (κ2) is 5.09. The van der Waals surface area contributed by atoms with Gasteiger partial charge in [-0.3, -0.25) is 9.20 Å². The zero-order chi connectivity index (χ0) is 15.1. The third-order valence-electron chi connectivity index (χ3n) is 4.54. The molecule has 0 amide bonds. The molecule has 0 saturated carbocycles. The number of carbonyl (C=O) groups is 1. The molecule has 0 aliphatic heterocycles. The molecular formula is C19H18N2O. The van der Waals surface area contributed by atoms with Gasteiger partial charge in [-0.1, -0.05) is 18.2 Å². The van der Waals surface area contributed by atoms with Gasteiger partial charge >= 0.3 is 0 Å². The van der Waals surface area contributed by atoms with Gasteiger partial charge in [-0.25, -0.2) is 4.98 Å². The Morgan fingerprint density at radius 1 is 1.09 bits per heavy atom. The predicted molar refractivity (Wildman–Crippen MR) is 87.4 cm³/mol. The summed E-state index contributed by atoms with van der Waals surface area (Å²) in [7, 11) is 0. The molecule has 22 heavy (non-hydrogen) atoms. The van der Waals surface area contributed by atoms with Crippen LogP contribution in [0.1, 0.15) is 40.0 Å². The van der Waals surface area contributed by atoms with E-state index in [0.717, 1.165) is 35.2 Å². The Bertz CT molecular complexity index is 877. The molecule has 3 heteroatoms. The lowest BCUT2D eigenvalue weighted by Crippen LogP contribution is -2.02. The van der Waals surface area contributed by atoms with Gasteiger partial charge in [-0.15, -0.1) is 0 Å². The number of pyridine rings is 1. The van der Waals surface area contributed by atoms with Crippen molar-refractivity contribution in [1.29, 1.82) is 0 Å². The van der Waals surface area contributed by atoms with Gasteiger partial charge in [0, 0.05) is 11.8 Å². The Morgan fingerprint density at radius 2 is 1.91 bits per heavy atom. The van der Waals surface area contributed by atoms with Crippen molar-refractivity contribution in [2.24, 2.45) is 0 Å². The molecule has 1 aliphatic rings. The molecule has 0 N–H and O–H groups in total. The second-order valence-electron chi connectivity index (χ2n) is 6.09. The van der Waals surface area contributed by atoms with Crippen molar-refractivity contribution in [2.75, 3.05) is 0 Å². The van der Waals surface area contributed by atoms with Gasteiger partial charge in [-0.05, 0) is 61.4 Å². The first-order valence-electron chi connectivity index (χ1n) is 7.82. The molecule has 0 unspecified atom stereocenters. The molecular weight excluding hydrogens is 272 g/mol. The summed E-state index contributed by atoms with van der Waals surface area (Å²) in [5.74, 6) is 0. The van der Waals surface area contributed by atoms with E-state index in [1.165, 1.54) is 30.4 Å². The van der Waals surface area contributed by atoms with Crippen molar-refractivity contribution in [1.82, 2.24) is 9.38 Å². The molecule has 2 heterocycles. The van der Waals surface area contributed by atoms with Gasteiger partial charge in [0.1, 0.15) is 17.0 Å². The van der Waals surface area contributed by atoms with E-state index in [9.17, 15) is 4.79 Å². The first-order chi connectivity index (χ1) is 10.8. The predicted octanol–water partition coefficient (Wildman–Crippen LogP) is 4.00. The molecule has 0 spiro atoms. The third-order valence-corrected chi connectivity index (χ3v) is 4.54. The minimum absolute atomic E-state index is 0.634. The van der Waals surface area contributed by atoms with Crippen molar-refractivity contribution < 1.29 is 4.79 Å². The van der Waals surface area contributed by atoms with Gasteiger partial charge in [0.25, 0.3) is 0 Å². The van der Waals surface area contributed by atoms with Crippen LogP contribution in [0.2, 0.25) is 0 Å². The fraction of sp³-hybridized carbons (Fsp3) is 0.263. The number of benzene rings is 1. The number of aromatic nitrogens is 2. The monoisotopic (exact) mass is 290 g/mol. The van der Waals surface area contributed by atoms with Crippen LogP contribution in [0.5, 0.6) is 0 Å². The van der Waals surface area contributed by atoms with Crippen LogP contribution in [0, 0.1) is 6.92 Å². The van der Waals surface area contributed by atoms with Gasteiger partial charge < -0.3 is 0 Å². The topological polar surface area (TPSA) is 34.4 Å². The van der Waals surface area contributed by atoms with Gasteiger partial charge in [0.2, 0.25) is 0 Å². The molecule has 110 valence electrons. The Kier molecular flexibility index (Phi) is 3.07. The van der Waals surface area contributed by atoms with E-state index in [1.54, 1.807) is 0 Å². The number of imidazole rings is 1. The molecule has 1 aromatic carbocycles. The number of hydrogen-bond donors (Lipinski definition) is 0. The first-order valence-corrected chi connectivity index (χ1v) is 7.82. The standard InChI is InChI=1S/C19H18N2O/c1-13-6-9-18-20-19(17(12-22)21(18)11-13)16-8-7-14-4-2-3-5-15(14)10-16/h6-12H,2-5H2,1H3. The van der Waals surface area contributed by atoms with E-state index in [-0.39, 0.29) is 0 Å². The second-order valence-corrected chi connectivity index (χ2v) is 6.09. The van der Waals surface area contributed by atoms with E-state index in [4.69, 9.17) is 0 Å². The molecule has 0 fully saturated rings. The maximum Gasteiger partial charge on any atom is 0.169 e. The number of nitrogens with zero attached hydrogens (tertiary/aromatic N) is 2. The van der Waals surface area contributed by atoms with Crippen molar-refractivity contribution >= 4 is 11.9 Å². The highest BCUT2D eigenvalue weighted by atomic mass is 16.1. The molecule has 1 aliphatic carbocycles. The van der Waals surface area contributed by atoms with Crippen LogP contribution in [0.15, 0.2) is 36.5 Å². The maximum atomic E-state index is 11.6. The van der Waals surface area contributed by atoms with Gasteiger partial charge in [0.05, 0.1) is 0 Å². The van der Waals surface area contributed by atoms with Crippen LogP contribution < -0.4 is 0 Å². The minimum Gasteiger partial charge on any atom is -0.296 e. The Hall–Kier alpha value is -2.42. The number of aldehydes is 1. The molecule has 3 aromatic rings. The lowest BCUT2D eigenvalue weighted by molar-refractivity contribution is 0.111. The van der Waals surface area contributed by atoms with Crippen LogP contribution in [-0.2, 0) is 12.8 Å². The normalized spacial score (nSPS) is 14.0. The fourth-order valence-corrected chi connectivity index (χ4v) is 3.37. The molecule has 0 atom stereocenters. The zero-order valence-corrected chi connectivity index (χ0v) is 12.7. The average Bonchev–Trinajstić information content (AvgIpc) is 2.92. The van der Waals surface area contributed by atoms with Crippen molar-refractivity contribution in [3.63, 3.8) is 0 Å².